The van der Waals surface area contributed by atoms with Crippen LogP contribution in [0.25, 0.3) is 10.6 Å². The number of aromatic nitrogens is 1. The molecular formula is C19H21BBrN3O. The zero-order valence-corrected chi connectivity index (χ0v) is 15.9. The Morgan fingerprint density at radius 2 is 1.88 bits per heavy atom. The van der Waals surface area contributed by atoms with E-state index >= 15 is 0 Å². The smallest absolute Gasteiger partial charge is 0.376 e. The van der Waals surface area contributed by atoms with Gasteiger partial charge in [0.1, 0.15) is 0 Å². The Labute approximate surface area is 157 Å². The van der Waals surface area contributed by atoms with Crippen LogP contribution in [0.5, 0.6) is 0 Å². The summed E-state index contributed by atoms with van der Waals surface area (Å²) in [6.07, 6.45) is 4.08. The van der Waals surface area contributed by atoms with Gasteiger partial charge in [-0.05, 0) is 30.1 Å². The van der Waals surface area contributed by atoms with Crippen molar-refractivity contribution in [2.24, 2.45) is 0 Å². The second-order valence-corrected chi connectivity index (χ2v) is 7.52. The quantitative estimate of drug-likeness (QED) is 0.790. The van der Waals surface area contributed by atoms with E-state index in [1.165, 1.54) is 11.1 Å². The van der Waals surface area contributed by atoms with Gasteiger partial charge in [-0.15, -0.1) is 0 Å². The maximum absolute atomic E-state index is 9.85. The Balaban J connectivity index is 1.77. The van der Waals surface area contributed by atoms with E-state index < -0.39 is 0 Å². The molecule has 1 atom stereocenters. The lowest BCUT2D eigenvalue weighted by atomic mass is 9.84. The van der Waals surface area contributed by atoms with E-state index in [9.17, 15) is 5.02 Å². The highest BCUT2D eigenvalue weighted by Gasteiger charge is 2.33. The molecule has 1 unspecified atom stereocenters. The summed E-state index contributed by atoms with van der Waals surface area (Å²) in [6, 6.07) is 12.8. The molecule has 1 aliphatic carbocycles. The molecule has 2 aromatic rings. The van der Waals surface area contributed by atoms with Crippen molar-refractivity contribution in [3.05, 3.63) is 65.0 Å². The first-order valence-corrected chi connectivity index (χ1v) is 9.52. The van der Waals surface area contributed by atoms with Gasteiger partial charge in [0.05, 0.1) is 11.7 Å². The summed E-state index contributed by atoms with van der Waals surface area (Å²) in [5.74, 6) is 0. The third kappa shape index (κ3) is 3.20. The second kappa shape index (κ2) is 7.04. The predicted octanol–water partition coefficient (Wildman–Crippen LogP) is 3.11. The van der Waals surface area contributed by atoms with Gasteiger partial charge in [0.25, 0.3) is 0 Å². The lowest BCUT2D eigenvalue weighted by Gasteiger charge is -2.40. The number of benzene rings is 1. The molecule has 1 N–H and O–H groups in total. The molecule has 0 radical (unpaired) electrons. The molecule has 2 aliphatic rings. The average Bonchev–Trinajstić information content (AvgIpc) is 2.76. The number of hydrogen-bond donors (Lipinski definition) is 1. The number of nitrogens with zero attached hydrogens (tertiary/aromatic N) is 3. The van der Waals surface area contributed by atoms with Crippen LogP contribution >= 0.6 is 15.9 Å². The van der Waals surface area contributed by atoms with E-state index in [1.807, 2.05) is 19.1 Å². The fraction of sp³-hybridized carbons (Fsp3) is 0.316. The molecule has 1 aromatic heterocycles. The normalized spacial score (nSPS) is 21.1. The van der Waals surface area contributed by atoms with Gasteiger partial charge in [-0.2, -0.15) is 0 Å². The van der Waals surface area contributed by atoms with Crippen LogP contribution in [-0.4, -0.2) is 52.9 Å². The molecule has 4 nitrogen and oxygen atoms in total. The van der Waals surface area contributed by atoms with Crippen molar-refractivity contribution < 1.29 is 5.02 Å². The molecule has 6 heteroatoms. The fourth-order valence-electron chi connectivity index (χ4n) is 3.83. The van der Waals surface area contributed by atoms with Gasteiger partial charge < -0.3 is 9.83 Å². The number of pyridine rings is 1. The van der Waals surface area contributed by atoms with E-state index in [0.717, 1.165) is 41.9 Å². The molecule has 0 saturated carbocycles. The minimum absolute atomic E-state index is 0.134. The van der Waals surface area contributed by atoms with Gasteiger partial charge in [-0.25, -0.2) is 0 Å². The van der Waals surface area contributed by atoms with Crippen molar-refractivity contribution >= 4 is 33.5 Å². The summed E-state index contributed by atoms with van der Waals surface area (Å²) in [5.41, 5.74) is 4.78. The van der Waals surface area contributed by atoms with Crippen LogP contribution in [0.1, 0.15) is 28.4 Å². The van der Waals surface area contributed by atoms with Crippen LogP contribution in [-0.2, 0) is 0 Å². The summed E-state index contributed by atoms with van der Waals surface area (Å²) in [6.45, 7) is 5.41. The minimum Gasteiger partial charge on any atom is -0.437 e. The zero-order valence-electron chi connectivity index (χ0n) is 14.3. The number of rotatable bonds is 2. The monoisotopic (exact) mass is 397 g/mol. The Morgan fingerprint density at radius 1 is 1.12 bits per heavy atom. The highest BCUT2D eigenvalue weighted by atomic mass is 79.9. The van der Waals surface area contributed by atoms with Gasteiger partial charge in [0, 0.05) is 42.4 Å². The third-order valence-corrected chi connectivity index (χ3v) is 5.83. The summed E-state index contributed by atoms with van der Waals surface area (Å²) in [4.78, 5) is 9.37. The standard InChI is InChI=1S/C19H21BBrN3O/c1-20(25)24-11-9-23(10-12-24)19-15-6-3-2-5-14(15)13-17(21)16-7-4-8-22-18(16)19/h2-8,13,19,25H,9-12H2,1H3. The molecule has 0 spiro atoms. The Morgan fingerprint density at radius 3 is 2.64 bits per heavy atom. The Bertz CT molecular complexity index is 803. The zero-order chi connectivity index (χ0) is 17.4. The van der Waals surface area contributed by atoms with Crippen LogP contribution < -0.4 is 0 Å². The molecule has 1 aliphatic heterocycles. The van der Waals surface area contributed by atoms with E-state index in [0.29, 0.717) is 0 Å². The molecule has 25 heavy (non-hydrogen) atoms. The van der Waals surface area contributed by atoms with Crippen molar-refractivity contribution in [2.75, 3.05) is 26.2 Å². The molecular weight excluding hydrogens is 377 g/mol. The molecule has 128 valence electrons. The lowest BCUT2D eigenvalue weighted by molar-refractivity contribution is 0.144. The topological polar surface area (TPSA) is 39.6 Å². The maximum Gasteiger partial charge on any atom is 0.376 e. The highest BCUT2D eigenvalue weighted by molar-refractivity contribution is 9.15. The molecule has 0 amide bonds. The fourth-order valence-corrected chi connectivity index (χ4v) is 4.41. The third-order valence-electron chi connectivity index (χ3n) is 5.17. The van der Waals surface area contributed by atoms with Crippen LogP contribution in [0, 0.1) is 0 Å². The van der Waals surface area contributed by atoms with Gasteiger partial charge in [-0.1, -0.05) is 46.3 Å². The van der Waals surface area contributed by atoms with Gasteiger partial charge in [0.2, 0.25) is 0 Å². The number of fused-ring (bicyclic) bond motifs is 2. The lowest BCUT2D eigenvalue weighted by Crippen LogP contribution is -2.52. The van der Waals surface area contributed by atoms with Crippen molar-refractivity contribution in [2.45, 2.75) is 12.9 Å². The minimum atomic E-state index is -0.384. The van der Waals surface area contributed by atoms with Crippen molar-refractivity contribution in [3.8, 4) is 0 Å². The van der Waals surface area contributed by atoms with Crippen molar-refractivity contribution in [3.63, 3.8) is 0 Å². The summed E-state index contributed by atoms with van der Waals surface area (Å²) in [5, 5.41) is 9.85. The van der Waals surface area contributed by atoms with Crippen LogP contribution in [0.2, 0.25) is 6.82 Å². The number of piperazine rings is 1. The molecule has 4 rings (SSSR count). The maximum atomic E-state index is 9.85. The average molecular weight is 398 g/mol. The van der Waals surface area contributed by atoms with Crippen LogP contribution in [0.4, 0.5) is 0 Å². The molecule has 1 saturated heterocycles. The van der Waals surface area contributed by atoms with E-state index in [-0.39, 0.29) is 13.1 Å². The van der Waals surface area contributed by atoms with Crippen LogP contribution in [0.3, 0.4) is 0 Å². The SMILES string of the molecule is CB(O)N1CCN(C2c3ccccc3C=C(Br)c3cccnc32)CC1. The summed E-state index contributed by atoms with van der Waals surface area (Å²) in [7, 11) is -0.384. The van der Waals surface area contributed by atoms with E-state index in [4.69, 9.17) is 4.98 Å². The summed E-state index contributed by atoms with van der Waals surface area (Å²) >= 11 is 3.75. The number of halogens is 1. The first-order valence-electron chi connectivity index (χ1n) is 8.73. The Kier molecular flexibility index (Phi) is 4.78. The van der Waals surface area contributed by atoms with Crippen LogP contribution in [0.15, 0.2) is 42.6 Å². The molecule has 0 bridgehead atoms. The van der Waals surface area contributed by atoms with E-state index in [1.54, 1.807) is 0 Å². The van der Waals surface area contributed by atoms with Crippen molar-refractivity contribution in [1.82, 2.24) is 14.7 Å². The highest BCUT2D eigenvalue weighted by Crippen LogP contribution is 2.40. The van der Waals surface area contributed by atoms with Gasteiger partial charge in [0.15, 0.2) is 0 Å². The second-order valence-electron chi connectivity index (χ2n) is 6.66. The van der Waals surface area contributed by atoms with Crippen molar-refractivity contribution in [1.29, 1.82) is 0 Å². The molecule has 1 aromatic carbocycles. The Hall–Kier alpha value is -1.47. The van der Waals surface area contributed by atoms with E-state index in [2.05, 4.69) is 62.0 Å². The largest absolute Gasteiger partial charge is 0.437 e. The van der Waals surface area contributed by atoms with Gasteiger partial charge >= 0.3 is 7.05 Å². The van der Waals surface area contributed by atoms with Gasteiger partial charge in [-0.3, -0.25) is 9.88 Å². The summed E-state index contributed by atoms with van der Waals surface area (Å²) < 4.78 is 1.08. The molecule has 2 heterocycles. The first-order chi connectivity index (χ1) is 12.1. The molecule has 1 fully saturated rings. The number of hydrogen-bond acceptors (Lipinski definition) is 4. The first kappa shape index (κ1) is 17.0. The predicted molar refractivity (Wildman–Crippen MR) is 106 cm³/mol.